The lowest BCUT2D eigenvalue weighted by molar-refractivity contribution is -0.117. The smallest absolute Gasteiger partial charge is 0.410 e. The van der Waals surface area contributed by atoms with Crippen molar-refractivity contribution in [3.8, 4) is 0 Å². The van der Waals surface area contributed by atoms with Gasteiger partial charge in [-0.25, -0.2) is 4.79 Å². The summed E-state index contributed by atoms with van der Waals surface area (Å²) in [5.41, 5.74) is 2.92. The van der Waals surface area contributed by atoms with E-state index in [1.165, 1.54) is 36.8 Å². The van der Waals surface area contributed by atoms with Crippen molar-refractivity contribution in [2.45, 2.75) is 70.3 Å². The molecule has 2 amide bonds. The highest BCUT2D eigenvalue weighted by molar-refractivity contribution is 5.68. The van der Waals surface area contributed by atoms with Crippen LogP contribution in [0.4, 0.5) is 4.79 Å². The lowest BCUT2D eigenvalue weighted by Gasteiger charge is -2.40. The second kappa shape index (κ2) is 8.54. The predicted octanol–water partition coefficient (Wildman–Crippen LogP) is 4.14. The van der Waals surface area contributed by atoms with Gasteiger partial charge >= 0.3 is 6.09 Å². The quantitative estimate of drug-likeness (QED) is 0.682. The standard InChI is InChI=1S/C18H25NO2.C5H9NO/c1-17(2,3)21-16(20)19-12-10-18(11-13-19)9-8-14-6-4-5-7-15(14)18;7-5-6-3-1-2-4-6/h4-7H,8-13H2,1-3H3;5H,1-4H2. The third-order valence-corrected chi connectivity index (χ3v) is 6.12. The third kappa shape index (κ3) is 4.86. The van der Waals surface area contributed by atoms with Gasteiger partial charge in [-0.2, -0.15) is 0 Å². The van der Waals surface area contributed by atoms with Crippen LogP contribution in [0.3, 0.4) is 0 Å². The molecule has 2 heterocycles. The Bertz CT molecular complexity index is 681. The van der Waals surface area contributed by atoms with Gasteiger partial charge in [-0.1, -0.05) is 24.3 Å². The van der Waals surface area contributed by atoms with Gasteiger partial charge in [0.2, 0.25) is 6.41 Å². The summed E-state index contributed by atoms with van der Waals surface area (Å²) in [4.78, 5) is 25.8. The maximum atomic E-state index is 12.2. The Labute approximate surface area is 169 Å². The van der Waals surface area contributed by atoms with Crippen LogP contribution in [0, 0.1) is 0 Å². The SMILES string of the molecule is CC(C)(C)OC(=O)N1CCC2(CCc3ccccc32)CC1.O=CN1CCCC1. The molecule has 5 heteroatoms. The molecule has 0 atom stereocenters. The lowest BCUT2D eigenvalue weighted by atomic mass is 9.74. The lowest BCUT2D eigenvalue weighted by Crippen LogP contribution is -2.46. The Hall–Kier alpha value is -2.04. The van der Waals surface area contributed by atoms with Crippen LogP contribution < -0.4 is 0 Å². The molecule has 1 aliphatic carbocycles. The van der Waals surface area contributed by atoms with Crippen LogP contribution in [0.15, 0.2) is 24.3 Å². The predicted molar refractivity (Wildman–Crippen MR) is 110 cm³/mol. The molecule has 5 nitrogen and oxygen atoms in total. The fraction of sp³-hybridized carbons (Fsp3) is 0.652. The highest BCUT2D eigenvalue weighted by Gasteiger charge is 2.42. The van der Waals surface area contributed by atoms with E-state index >= 15 is 0 Å². The maximum absolute atomic E-state index is 12.2. The zero-order chi connectivity index (χ0) is 20.2. The molecular weight excluding hydrogens is 352 g/mol. The molecule has 0 bridgehead atoms. The second-order valence-corrected chi connectivity index (χ2v) is 9.25. The summed E-state index contributed by atoms with van der Waals surface area (Å²) in [6.45, 7) is 9.33. The first-order valence-corrected chi connectivity index (χ1v) is 10.6. The summed E-state index contributed by atoms with van der Waals surface area (Å²) in [7, 11) is 0. The minimum absolute atomic E-state index is 0.163. The summed E-state index contributed by atoms with van der Waals surface area (Å²) >= 11 is 0. The topological polar surface area (TPSA) is 49.9 Å². The molecule has 4 rings (SSSR count). The molecule has 0 saturated carbocycles. The molecular formula is C23H34N2O3. The summed E-state index contributed by atoms with van der Waals surface area (Å²) in [6, 6.07) is 8.82. The first-order chi connectivity index (χ1) is 13.3. The van der Waals surface area contributed by atoms with Crippen molar-refractivity contribution in [2.24, 2.45) is 0 Å². The summed E-state index contributed by atoms with van der Waals surface area (Å²) in [5, 5.41) is 0. The van der Waals surface area contributed by atoms with Crippen LogP contribution in [0.1, 0.15) is 64.0 Å². The molecule has 0 N–H and O–H groups in total. The first-order valence-electron chi connectivity index (χ1n) is 10.6. The van der Waals surface area contributed by atoms with Crippen molar-refractivity contribution < 1.29 is 14.3 Å². The first kappa shape index (κ1) is 20.7. The average Bonchev–Trinajstić information content (AvgIpc) is 3.31. The number of nitrogens with zero attached hydrogens (tertiary/aromatic N) is 2. The minimum atomic E-state index is -0.411. The Balaban J connectivity index is 0.000000271. The monoisotopic (exact) mass is 386 g/mol. The van der Waals surface area contributed by atoms with E-state index in [0.29, 0.717) is 5.41 Å². The van der Waals surface area contributed by atoms with E-state index in [4.69, 9.17) is 4.74 Å². The van der Waals surface area contributed by atoms with E-state index in [1.807, 2.05) is 25.7 Å². The van der Waals surface area contributed by atoms with Crippen molar-refractivity contribution >= 4 is 12.5 Å². The molecule has 28 heavy (non-hydrogen) atoms. The van der Waals surface area contributed by atoms with Crippen molar-refractivity contribution in [2.75, 3.05) is 26.2 Å². The molecule has 1 aromatic carbocycles. The number of hydrogen-bond donors (Lipinski definition) is 0. The molecule has 0 radical (unpaired) electrons. The minimum Gasteiger partial charge on any atom is -0.444 e. The molecule has 2 saturated heterocycles. The molecule has 2 aliphatic heterocycles. The zero-order valence-electron chi connectivity index (χ0n) is 17.6. The van der Waals surface area contributed by atoms with Gasteiger partial charge in [0, 0.05) is 26.2 Å². The number of fused-ring (bicyclic) bond motifs is 2. The van der Waals surface area contributed by atoms with Crippen molar-refractivity contribution in [1.29, 1.82) is 0 Å². The van der Waals surface area contributed by atoms with Crippen molar-refractivity contribution in [3.05, 3.63) is 35.4 Å². The van der Waals surface area contributed by atoms with Gasteiger partial charge in [0.1, 0.15) is 5.60 Å². The van der Waals surface area contributed by atoms with E-state index in [1.54, 1.807) is 4.90 Å². The number of benzene rings is 1. The third-order valence-electron chi connectivity index (χ3n) is 6.12. The Kier molecular flexibility index (Phi) is 6.31. The van der Waals surface area contributed by atoms with E-state index < -0.39 is 5.60 Å². The number of carbonyl (C=O) groups is 2. The van der Waals surface area contributed by atoms with Gasteiger partial charge in [0.25, 0.3) is 0 Å². The molecule has 3 aliphatic rings. The van der Waals surface area contributed by atoms with Crippen LogP contribution in [0.2, 0.25) is 0 Å². The number of aryl methyl sites for hydroxylation is 1. The van der Waals surface area contributed by atoms with E-state index in [2.05, 4.69) is 24.3 Å². The molecule has 2 fully saturated rings. The highest BCUT2D eigenvalue weighted by atomic mass is 16.6. The maximum Gasteiger partial charge on any atom is 0.410 e. The number of hydrogen-bond acceptors (Lipinski definition) is 3. The number of rotatable bonds is 1. The Morgan fingerprint density at radius 2 is 1.68 bits per heavy atom. The van der Waals surface area contributed by atoms with Gasteiger partial charge < -0.3 is 14.5 Å². The second-order valence-electron chi connectivity index (χ2n) is 9.25. The normalized spacial score (nSPS) is 20.4. The number of carbonyl (C=O) groups excluding carboxylic acids is 2. The number of ether oxygens (including phenoxy) is 1. The molecule has 0 unspecified atom stereocenters. The van der Waals surface area contributed by atoms with Crippen molar-refractivity contribution in [3.63, 3.8) is 0 Å². The van der Waals surface area contributed by atoms with E-state index in [9.17, 15) is 9.59 Å². The van der Waals surface area contributed by atoms with Gasteiger partial charge in [-0.05, 0) is 75.8 Å². The fourth-order valence-electron chi connectivity index (χ4n) is 4.57. The number of amides is 2. The van der Waals surface area contributed by atoms with Gasteiger partial charge in [-0.3, -0.25) is 4.79 Å². The average molecular weight is 387 g/mol. The van der Waals surface area contributed by atoms with Crippen molar-refractivity contribution in [1.82, 2.24) is 9.80 Å². The Morgan fingerprint density at radius 1 is 1.04 bits per heavy atom. The van der Waals surface area contributed by atoms with Gasteiger partial charge in [0.15, 0.2) is 0 Å². The van der Waals surface area contributed by atoms with E-state index in [0.717, 1.165) is 45.4 Å². The summed E-state index contributed by atoms with van der Waals surface area (Å²) in [6.07, 6.45) is 7.68. The van der Waals surface area contributed by atoms with Crippen LogP contribution in [-0.4, -0.2) is 54.1 Å². The highest BCUT2D eigenvalue weighted by Crippen LogP contribution is 2.46. The summed E-state index contributed by atoms with van der Waals surface area (Å²) < 4.78 is 5.48. The molecule has 0 aromatic heterocycles. The number of likely N-dealkylation sites (tertiary alicyclic amines) is 2. The molecule has 1 spiro atoms. The number of piperidine rings is 1. The largest absolute Gasteiger partial charge is 0.444 e. The molecule has 1 aromatic rings. The van der Waals surface area contributed by atoms with Gasteiger partial charge in [0.05, 0.1) is 0 Å². The fourth-order valence-corrected chi connectivity index (χ4v) is 4.57. The summed E-state index contributed by atoms with van der Waals surface area (Å²) in [5.74, 6) is 0. The van der Waals surface area contributed by atoms with Crippen LogP contribution in [0.5, 0.6) is 0 Å². The van der Waals surface area contributed by atoms with Crippen LogP contribution in [0.25, 0.3) is 0 Å². The van der Waals surface area contributed by atoms with Crippen LogP contribution >= 0.6 is 0 Å². The zero-order valence-corrected chi connectivity index (χ0v) is 17.6. The van der Waals surface area contributed by atoms with Gasteiger partial charge in [-0.15, -0.1) is 0 Å². The van der Waals surface area contributed by atoms with E-state index in [-0.39, 0.29) is 6.09 Å². The Morgan fingerprint density at radius 3 is 2.25 bits per heavy atom. The van der Waals surface area contributed by atoms with Crippen LogP contribution in [-0.2, 0) is 21.4 Å². The molecule has 154 valence electrons.